The van der Waals surface area contributed by atoms with Crippen LogP contribution in [0.5, 0.6) is 0 Å². The van der Waals surface area contributed by atoms with Gasteiger partial charge in [-0.1, -0.05) is 38.1 Å². The number of rotatable bonds is 3. The Kier molecular flexibility index (Phi) is 4.30. The Labute approximate surface area is 130 Å². The highest BCUT2D eigenvalue weighted by Gasteiger charge is 2.20. The van der Waals surface area contributed by atoms with E-state index in [4.69, 9.17) is 4.52 Å². The van der Waals surface area contributed by atoms with E-state index >= 15 is 0 Å². The van der Waals surface area contributed by atoms with Crippen LogP contribution < -0.4 is 10.6 Å². The van der Waals surface area contributed by atoms with Gasteiger partial charge in [-0.3, -0.25) is 10.1 Å². The number of benzene rings is 1. The van der Waals surface area contributed by atoms with Gasteiger partial charge < -0.3 is 9.09 Å². The van der Waals surface area contributed by atoms with E-state index in [0.29, 0.717) is 11.4 Å². The van der Waals surface area contributed by atoms with E-state index in [1.165, 1.54) is 0 Å². The molecule has 0 aliphatic rings. The second-order valence-electron chi connectivity index (χ2n) is 6.68. The summed E-state index contributed by atoms with van der Waals surface area (Å²) in [5, 5.41) is 7.37. The lowest BCUT2D eigenvalue weighted by atomic mass is 9.92. The lowest BCUT2D eigenvalue weighted by molar-refractivity contribution is 0.102. The van der Waals surface area contributed by atoms with Gasteiger partial charge in [-0.25, -0.2) is 0 Å². The molecule has 1 N–H and O–H groups in total. The fourth-order valence-corrected chi connectivity index (χ4v) is 2.71. The number of carbonyl (C=O) groups is 1. The minimum absolute atomic E-state index is 0.141. The maximum absolute atomic E-state index is 12.2. The zero-order chi connectivity index (χ0) is 16.5. The van der Waals surface area contributed by atoms with Gasteiger partial charge in [0, 0.05) is 22.3 Å². The van der Waals surface area contributed by atoms with E-state index in [-0.39, 0.29) is 11.3 Å². The van der Waals surface area contributed by atoms with Crippen LogP contribution in [0.2, 0.25) is 0 Å². The summed E-state index contributed by atoms with van der Waals surface area (Å²) in [6.45, 7) is 9.45. The lowest BCUT2D eigenvalue weighted by Crippen LogP contribution is -2.13. The Morgan fingerprint density at radius 1 is 1.18 bits per heavy atom. The number of aromatic nitrogens is 1. The smallest absolute Gasteiger partial charge is 0.258 e. The fourth-order valence-electron chi connectivity index (χ4n) is 1.84. The largest absolute Gasteiger partial charge is 0.338 e. The third-order valence-corrected chi connectivity index (χ3v) is 4.81. The SMILES string of the molecule is CC(C)(C)c1cc(NC(=O)c2ccc(P(C)(C)=O)cc2)on1. The molecule has 22 heavy (non-hydrogen) atoms. The highest BCUT2D eigenvalue weighted by atomic mass is 31.2. The van der Waals surface area contributed by atoms with E-state index in [1.807, 2.05) is 20.8 Å². The first kappa shape index (κ1) is 16.5. The van der Waals surface area contributed by atoms with Crippen LogP contribution in [-0.2, 0) is 9.98 Å². The summed E-state index contributed by atoms with van der Waals surface area (Å²) < 4.78 is 17.1. The summed E-state index contributed by atoms with van der Waals surface area (Å²) in [7, 11) is -2.31. The highest BCUT2D eigenvalue weighted by Crippen LogP contribution is 2.34. The number of nitrogens with one attached hydrogen (secondary N) is 1. The number of anilines is 1. The molecular formula is C16H21N2O3P. The van der Waals surface area contributed by atoms with E-state index in [9.17, 15) is 9.36 Å². The normalized spacial score (nSPS) is 12.2. The zero-order valence-corrected chi connectivity index (χ0v) is 14.4. The Morgan fingerprint density at radius 2 is 1.77 bits per heavy atom. The number of carbonyl (C=O) groups excluding carboxylic acids is 1. The molecule has 0 atom stereocenters. The van der Waals surface area contributed by atoms with Crippen LogP contribution in [-0.4, -0.2) is 24.4 Å². The average Bonchev–Trinajstić information content (AvgIpc) is 2.86. The van der Waals surface area contributed by atoms with Gasteiger partial charge in [-0.15, -0.1) is 0 Å². The van der Waals surface area contributed by atoms with Gasteiger partial charge in [0.25, 0.3) is 5.91 Å². The molecule has 0 saturated heterocycles. The molecule has 0 spiro atoms. The van der Waals surface area contributed by atoms with Crippen molar-refractivity contribution in [3.05, 3.63) is 41.6 Å². The van der Waals surface area contributed by atoms with Crippen LogP contribution in [0.25, 0.3) is 0 Å². The van der Waals surface area contributed by atoms with Gasteiger partial charge in [0.2, 0.25) is 5.88 Å². The van der Waals surface area contributed by atoms with Crippen LogP contribution in [0.15, 0.2) is 34.9 Å². The van der Waals surface area contributed by atoms with Gasteiger partial charge >= 0.3 is 0 Å². The molecule has 1 heterocycles. The summed E-state index contributed by atoms with van der Waals surface area (Å²) in [4.78, 5) is 12.2. The van der Waals surface area contributed by atoms with Gasteiger partial charge in [-0.05, 0) is 25.5 Å². The number of hydrogen-bond donors (Lipinski definition) is 1. The van der Waals surface area contributed by atoms with Crippen LogP contribution >= 0.6 is 7.14 Å². The summed E-state index contributed by atoms with van der Waals surface area (Å²) in [5.41, 5.74) is 1.11. The molecular weight excluding hydrogens is 299 g/mol. The molecule has 118 valence electrons. The Balaban J connectivity index is 2.12. The Bertz CT molecular complexity index is 721. The maximum atomic E-state index is 12.2. The first-order valence-corrected chi connectivity index (χ1v) is 9.61. The third kappa shape index (κ3) is 3.86. The second kappa shape index (κ2) is 5.73. The summed E-state index contributed by atoms with van der Waals surface area (Å²) in [5.74, 6) is 0.0286. The van der Waals surface area contributed by atoms with Crippen molar-refractivity contribution in [2.24, 2.45) is 0 Å². The van der Waals surface area contributed by atoms with Crippen molar-refractivity contribution in [3.63, 3.8) is 0 Å². The van der Waals surface area contributed by atoms with Crippen molar-refractivity contribution in [2.45, 2.75) is 26.2 Å². The molecule has 1 aromatic carbocycles. The van der Waals surface area contributed by atoms with E-state index in [0.717, 1.165) is 11.0 Å². The quantitative estimate of drug-likeness (QED) is 0.879. The molecule has 0 bridgehead atoms. The minimum Gasteiger partial charge on any atom is -0.338 e. The first-order chi connectivity index (χ1) is 10.1. The van der Waals surface area contributed by atoms with Crippen LogP contribution in [0, 0.1) is 0 Å². The molecule has 0 saturated carbocycles. The Morgan fingerprint density at radius 3 is 2.23 bits per heavy atom. The van der Waals surface area contributed by atoms with Crippen molar-refractivity contribution < 1.29 is 13.9 Å². The van der Waals surface area contributed by atoms with Crippen molar-refractivity contribution in [2.75, 3.05) is 18.6 Å². The molecule has 6 heteroatoms. The maximum Gasteiger partial charge on any atom is 0.258 e. The molecule has 0 aliphatic carbocycles. The molecule has 1 aromatic heterocycles. The predicted molar refractivity (Wildman–Crippen MR) is 88.7 cm³/mol. The fraction of sp³-hybridized carbons (Fsp3) is 0.375. The highest BCUT2D eigenvalue weighted by molar-refractivity contribution is 7.70. The van der Waals surface area contributed by atoms with Crippen molar-refractivity contribution >= 4 is 24.2 Å². The molecule has 0 fully saturated rings. The molecule has 0 radical (unpaired) electrons. The molecule has 0 aliphatic heterocycles. The standard InChI is InChI=1S/C16H21N2O3P/c1-16(2,3)13-10-14(21-18-13)17-15(19)11-6-8-12(9-7-11)22(4,5)20/h6-10H,1-5H3,(H,17,19). The molecule has 5 nitrogen and oxygen atoms in total. The number of nitrogens with zero attached hydrogens (tertiary/aromatic N) is 1. The van der Waals surface area contributed by atoms with Crippen molar-refractivity contribution in [1.82, 2.24) is 5.16 Å². The lowest BCUT2D eigenvalue weighted by Gasteiger charge is -2.12. The summed E-state index contributed by atoms with van der Waals surface area (Å²) >= 11 is 0. The molecule has 1 amide bonds. The molecule has 2 rings (SSSR count). The topological polar surface area (TPSA) is 72.2 Å². The van der Waals surface area contributed by atoms with Gasteiger partial charge in [0.15, 0.2) is 0 Å². The van der Waals surface area contributed by atoms with Gasteiger partial charge in [-0.2, -0.15) is 0 Å². The van der Waals surface area contributed by atoms with Gasteiger partial charge in [0.05, 0.1) is 5.69 Å². The van der Waals surface area contributed by atoms with E-state index < -0.39 is 7.14 Å². The van der Waals surface area contributed by atoms with Gasteiger partial charge in [0.1, 0.15) is 7.14 Å². The first-order valence-electron chi connectivity index (χ1n) is 7.01. The predicted octanol–water partition coefficient (Wildman–Crippen LogP) is 3.47. The molecule has 2 aromatic rings. The van der Waals surface area contributed by atoms with Crippen molar-refractivity contribution in [1.29, 1.82) is 0 Å². The minimum atomic E-state index is -2.31. The van der Waals surface area contributed by atoms with E-state index in [2.05, 4.69) is 10.5 Å². The van der Waals surface area contributed by atoms with Crippen LogP contribution in [0.3, 0.4) is 0 Å². The number of amides is 1. The van der Waals surface area contributed by atoms with Crippen molar-refractivity contribution in [3.8, 4) is 0 Å². The Hall–Kier alpha value is -1.87. The monoisotopic (exact) mass is 320 g/mol. The van der Waals surface area contributed by atoms with Crippen LogP contribution in [0.1, 0.15) is 36.8 Å². The average molecular weight is 320 g/mol. The van der Waals surface area contributed by atoms with Crippen LogP contribution in [0.4, 0.5) is 5.88 Å². The summed E-state index contributed by atoms with van der Waals surface area (Å²) in [6, 6.07) is 8.47. The zero-order valence-electron chi connectivity index (χ0n) is 13.5. The molecule has 0 unspecified atom stereocenters. The summed E-state index contributed by atoms with van der Waals surface area (Å²) in [6.07, 6.45) is 0. The third-order valence-electron chi connectivity index (χ3n) is 3.27. The number of hydrogen-bond acceptors (Lipinski definition) is 4. The van der Waals surface area contributed by atoms with E-state index in [1.54, 1.807) is 43.7 Å². The second-order valence-corrected chi connectivity index (χ2v) is 9.90.